The van der Waals surface area contributed by atoms with E-state index in [9.17, 15) is 0 Å². The molecule has 7 heteroatoms. The number of piperazine rings is 1. The monoisotopic (exact) mass is 349 g/mol. The Morgan fingerprint density at radius 3 is 2.50 bits per heavy atom. The summed E-state index contributed by atoms with van der Waals surface area (Å²) in [5.74, 6) is 1.60. The Balaban J connectivity index is 1.42. The number of nitrogens with zero attached hydrogens (tertiary/aromatic N) is 5. The van der Waals surface area contributed by atoms with Crippen molar-refractivity contribution in [2.75, 3.05) is 26.2 Å². The highest BCUT2D eigenvalue weighted by Crippen LogP contribution is 2.14. The highest BCUT2D eigenvalue weighted by atomic mass is 32.1. The van der Waals surface area contributed by atoms with E-state index >= 15 is 0 Å². The molecule has 0 spiro atoms. The molecule has 132 valence electrons. The van der Waals surface area contributed by atoms with E-state index < -0.39 is 0 Å². The number of unbranched alkanes of at least 4 members (excludes halogenated alkanes) is 1. The second kappa shape index (κ2) is 8.69. The van der Waals surface area contributed by atoms with Crippen LogP contribution in [0.1, 0.15) is 49.1 Å². The fourth-order valence-corrected chi connectivity index (χ4v) is 3.64. The smallest absolute Gasteiger partial charge is 0.226 e. The van der Waals surface area contributed by atoms with E-state index in [1.807, 2.05) is 0 Å². The van der Waals surface area contributed by atoms with E-state index in [2.05, 4.69) is 44.2 Å². The molecule has 2 aromatic rings. The molecular formula is C17H27N5OS. The first-order valence-corrected chi connectivity index (χ1v) is 9.84. The lowest BCUT2D eigenvalue weighted by atomic mass is 10.2. The highest BCUT2D eigenvalue weighted by Gasteiger charge is 2.19. The van der Waals surface area contributed by atoms with Gasteiger partial charge in [-0.15, -0.1) is 11.3 Å². The number of rotatable bonds is 8. The van der Waals surface area contributed by atoms with Crippen LogP contribution < -0.4 is 0 Å². The summed E-state index contributed by atoms with van der Waals surface area (Å²) in [6, 6.07) is 0. The lowest BCUT2D eigenvalue weighted by Gasteiger charge is -2.33. The summed E-state index contributed by atoms with van der Waals surface area (Å²) >= 11 is 1.77. The molecule has 0 unspecified atom stereocenters. The van der Waals surface area contributed by atoms with Crippen LogP contribution in [-0.2, 0) is 25.9 Å². The van der Waals surface area contributed by atoms with Crippen molar-refractivity contribution in [2.24, 2.45) is 0 Å². The molecule has 0 atom stereocenters. The number of hydrogen-bond acceptors (Lipinski definition) is 7. The summed E-state index contributed by atoms with van der Waals surface area (Å²) in [6.45, 7) is 10.3. The largest absolute Gasteiger partial charge is 0.339 e. The molecule has 3 rings (SSSR count). The van der Waals surface area contributed by atoms with Crippen LogP contribution in [0.5, 0.6) is 0 Å². The van der Waals surface area contributed by atoms with Gasteiger partial charge in [-0.2, -0.15) is 4.98 Å². The van der Waals surface area contributed by atoms with Crippen LogP contribution in [0, 0.1) is 0 Å². The molecule has 1 fully saturated rings. The van der Waals surface area contributed by atoms with Crippen molar-refractivity contribution in [1.82, 2.24) is 24.9 Å². The van der Waals surface area contributed by atoms with E-state index in [0.717, 1.165) is 76.7 Å². The quantitative estimate of drug-likeness (QED) is 0.730. The Morgan fingerprint density at radius 2 is 1.83 bits per heavy atom. The maximum Gasteiger partial charge on any atom is 0.226 e. The van der Waals surface area contributed by atoms with Gasteiger partial charge in [0.2, 0.25) is 5.89 Å². The summed E-state index contributed by atoms with van der Waals surface area (Å²) in [6.07, 6.45) is 4.18. The van der Waals surface area contributed by atoms with Crippen LogP contribution >= 0.6 is 11.3 Å². The molecule has 1 aliphatic rings. The molecule has 6 nitrogen and oxygen atoms in total. The van der Waals surface area contributed by atoms with Gasteiger partial charge in [-0.3, -0.25) is 9.80 Å². The number of aryl methyl sites for hydroxylation is 2. The first kappa shape index (κ1) is 17.5. The van der Waals surface area contributed by atoms with Crippen LogP contribution in [0.3, 0.4) is 0 Å². The van der Waals surface area contributed by atoms with Gasteiger partial charge in [0, 0.05) is 44.5 Å². The van der Waals surface area contributed by atoms with Crippen LogP contribution in [0.4, 0.5) is 0 Å². The molecular weight excluding hydrogens is 322 g/mol. The van der Waals surface area contributed by atoms with Gasteiger partial charge < -0.3 is 4.52 Å². The molecule has 0 amide bonds. The van der Waals surface area contributed by atoms with E-state index in [4.69, 9.17) is 4.52 Å². The third kappa shape index (κ3) is 4.84. The van der Waals surface area contributed by atoms with Gasteiger partial charge in [-0.05, 0) is 12.8 Å². The first-order chi connectivity index (χ1) is 11.8. The Labute approximate surface area is 147 Å². The molecule has 0 saturated carbocycles. The molecule has 0 N–H and O–H groups in total. The SMILES string of the molecule is CCCCc1nc(CN2CCN(Cc3csc(CC)n3)CC2)no1. The van der Waals surface area contributed by atoms with Gasteiger partial charge in [0.25, 0.3) is 0 Å². The second-order valence-electron chi connectivity index (χ2n) is 6.35. The fraction of sp³-hybridized carbons (Fsp3) is 0.706. The fourth-order valence-electron chi connectivity index (χ4n) is 2.90. The summed E-state index contributed by atoms with van der Waals surface area (Å²) in [7, 11) is 0. The molecule has 24 heavy (non-hydrogen) atoms. The van der Waals surface area contributed by atoms with E-state index in [1.54, 1.807) is 11.3 Å². The van der Waals surface area contributed by atoms with Crippen molar-refractivity contribution in [3.8, 4) is 0 Å². The third-order valence-corrected chi connectivity index (χ3v) is 5.41. The van der Waals surface area contributed by atoms with Crippen LogP contribution in [0.15, 0.2) is 9.90 Å². The Kier molecular flexibility index (Phi) is 6.34. The predicted octanol–water partition coefficient (Wildman–Crippen LogP) is 2.75. The van der Waals surface area contributed by atoms with Crippen LogP contribution in [0.2, 0.25) is 0 Å². The molecule has 0 aromatic carbocycles. The summed E-state index contributed by atoms with van der Waals surface area (Å²) < 4.78 is 5.32. The van der Waals surface area contributed by atoms with Gasteiger partial charge in [-0.1, -0.05) is 25.4 Å². The Hall–Kier alpha value is -1.31. The zero-order chi connectivity index (χ0) is 16.8. The minimum absolute atomic E-state index is 0.778. The van der Waals surface area contributed by atoms with Crippen molar-refractivity contribution < 1.29 is 4.52 Å². The van der Waals surface area contributed by atoms with Gasteiger partial charge in [0.15, 0.2) is 5.82 Å². The average molecular weight is 350 g/mol. The molecule has 0 radical (unpaired) electrons. The maximum absolute atomic E-state index is 5.32. The minimum atomic E-state index is 0.778. The molecule has 2 aromatic heterocycles. The number of aromatic nitrogens is 3. The molecule has 1 saturated heterocycles. The molecule has 1 aliphatic heterocycles. The maximum atomic E-state index is 5.32. The van der Waals surface area contributed by atoms with Gasteiger partial charge in [0.05, 0.1) is 17.2 Å². The zero-order valence-electron chi connectivity index (χ0n) is 14.7. The van der Waals surface area contributed by atoms with Crippen molar-refractivity contribution in [3.63, 3.8) is 0 Å². The van der Waals surface area contributed by atoms with E-state index in [-0.39, 0.29) is 0 Å². The Morgan fingerprint density at radius 1 is 1.08 bits per heavy atom. The standard InChI is InChI=1S/C17H27N5OS/c1-3-5-6-16-19-15(20-23-16)12-22-9-7-21(8-10-22)11-14-13-24-17(4-2)18-14/h13H,3-12H2,1-2H3. The lowest BCUT2D eigenvalue weighted by molar-refractivity contribution is 0.118. The summed E-state index contributed by atoms with van der Waals surface area (Å²) in [5.41, 5.74) is 1.21. The van der Waals surface area contributed by atoms with Crippen molar-refractivity contribution in [1.29, 1.82) is 0 Å². The van der Waals surface area contributed by atoms with Crippen molar-refractivity contribution >= 4 is 11.3 Å². The Bertz CT molecular complexity index is 618. The van der Waals surface area contributed by atoms with Crippen LogP contribution in [-0.4, -0.2) is 51.1 Å². The summed E-state index contributed by atoms with van der Waals surface area (Å²) in [4.78, 5) is 14.1. The molecule has 3 heterocycles. The topological polar surface area (TPSA) is 58.3 Å². The lowest BCUT2D eigenvalue weighted by Crippen LogP contribution is -2.45. The number of thiazole rings is 1. The van der Waals surface area contributed by atoms with Crippen molar-refractivity contribution in [2.45, 2.75) is 52.6 Å². The van der Waals surface area contributed by atoms with Crippen molar-refractivity contribution in [3.05, 3.63) is 27.8 Å². The molecule has 0 aliphatic carbocycles. The summed E-state index contributed by atoms with van der Waals surface area (Å²) in [5, 5.41) is 7.54. The average Bonchev–Trinajstić information content (AvgIpc) is 3.24. The minimum Gasteiger partial charge on any atom is -0.339 e. The normalized spacial score (nSPS) is 16.8. The number of hydrogen-bond donors (Lipinski definition) is 0. The predicted molar refractivity (Wildman–Crippen MR) is 95.0 cm³/mol. The zero-order valence-corrected chi connectivity index (χ0v) is 15.5. The van der Waals surface area contributed by atoms with E-state index in [0.29, 0.717) is 0 Å². The van der Waals surface area contributed by atoms with E-state index in [1.165, 1.54) is 10.7 Å². The van der Waals surface area contributed by atoms with Gasteiger partial charge in [0.1, 0.15) is 0 Å². The first-order valence-electron chi connectivity index (χ1n) is 8.96. The third-order valence-electron chi connectivity index (χ3n) is 4.37. The van der Waals surface area contributed by atoms with Gasteiger partial charge >= 0.3 is 0 Å². The second-order valence-corrected chi connectivity index (χ2v) is 7.29. The van der Waals surface area contributed by atoms with Crippen LogP contribution in [0.25, 0.3) is 0 Å². The molecule has 0 bridgehead atoms. The highest BCUT2D eigenvalue weighted by molar-refractivity contribution is 7.09. The van der Waals surface area contributed by atoms with Gasteiger partial charge in [-0.25, -0.2) is 4.98 Å².